The highest BCUT2D eigenvalue weighted by Gasteiger charge is 2.10. The van der Waals surface area contributed by atoms with E-state index in [1.54, 1.807) is 12.1 Å². The number of nitrogens with one attached hydrogen (secondary N) is 2. The molecular formula is C16H17ClN4O4. The molecule has 0 aliphatic carbocycles. The Balaban J connectivity index is 1.89. The number of halogens is 1. The van der Waals surface area contributed by atoms with E-state index < -0.39 is 5.97 Å². The minimum atomic E-state index is -1.15. The van der Waals surface area contributed by atoms with Gasteiger partial charge in [0.1, 0.15) is 11.6 Å². The first-order valence-electron chi connectivity index (χ1n) is 7.34. The van der Waals surface area contributed by atoms with Crippen LogP contribution in [0.25, 0.3) is 0 Å². The van der Waals surface area contributed by atoms with Gasteiger partial charge < -0.3 is 20.5 Å². The van der Waals surface area contributed by atoms with E-state index in [1.165, 1.54) is 13.3 Å². The van der Waals surface area contributed by atoms with Crippen molar-refractivity contribution in [2.45, 2.75) is 13.3 Å². The van der Waals surface area contributed by atoms with Gasteiger partial charge in [0.2, 0.25) is 5.91 Å². The maximum absolute atomic E-state index is 12.1. The van der Waals surface area contributed by atoms with E-state index in [-0.39, 0.29) is 18.0 Å². The molecule has 3 N–H and O–H groups in total. The van der Waals surface area contributed by atoms with Gasteiger partial charge in [-0.3, -0.25) is 4.79 Å². The van der Waals surface area contributed by atoms with Gasteiger partial charge in [-0.1, -0.05) is 11.6 Å². The first-order chi connectivity index (χ1) is 11.9. The molecule has 1 amide bonds. The molecule has 0 unspecified atom stereocenters. The number of anilines is 2. The SMILES string of the molecule is COc1cc(Cl)c(C)cc1NC(=O)CCNc1cnc(C(=O)O)cn1. The fourth-order valence-electron chi connectivity index (χ4n) is 1.98. The lowest BCUT2D eigenvalue weighted by Gasteiger charge is -2.12. The lowest BCUT2D eigenvalue weighted by Crippen LogP contribution is -2.17. The quantitative estimate of drug-likeness (QED) is 0.691. The summed E-state index contributed by atoms with van der Waals surface area (Å²) in [5, 5.41) is 15.0. The van der Waals surface area contributed by atoms with Crippen LogP contribution in [0.2, 0.25) is 5.02 Å². The van der Waals surface area contributed by atoms with Crippen LogP contribution in [0.15, 0.2) is 24.5 Å². The van der Waals surface area contributed by atoms with Crippen molar-refractivity contribution in [1.29, 1.82) is 0 Å². The number of methoxy groups -OCH3 is 1. The molecule has 0 bridgehead atoms. The molecule has 25 heavy (non-hydrogen) atoms. The van der Waals surface area contributed by atoms with Gasteiger partial charge in [-0.25, -0.2) is 14.8 Å². The van der Waals surface area contributed by atoms with E-state index in [0.717, 1.165) is 11.8 Å². The normalized spacial score (nSPS) is 10.2. The molecule has 0 fully saturated rings. The Labute approximate surface area is 149 Å². The van der Waals surface area contributed by atoms with Crippen LogP contribution in [0.3, 0.4) is 0 Å². The number of aryl methyl sites for hydroxylation is 1. The highest BCUT2D eigenvalue weighted by atomic mass is 35.5. The minimum absolute atomic E-state index is 0.145. The monoisotopic (exact) mass is 364 g/mol. The number of benzene rings is 1. The molecule has 0 aliphatic heterocycles. The van der Waals surface area contributed by atoms with Crippen molar-refractivity contribution in [3.8, 4) is 5.75 Å². The van der Waals surface area contributed by atoms with Gasteiger partial charge in [-0.15, -0.1) is 0 Å². The number of carbonyl (C=O) groups excluding carboxylic acids is 1. The van der Waals surface area contributed by atoms with Crippen molar-refractivity contribution in [1.82, 2.24) is 9.97 Å². The van der Waals surface area contributed by atoms with Crippen molar-refractivity contribution < 1.29 is 19.4 Å². The molecule has 0 saturated carbocycles. The lowest BCUT2D eigenvalue weighted by molar-refractivity contribution is -0.116. The fraction of sp³-hybridized carbons (Fsp3) is 0.250. The number of rotatable bonds is 7. The molecule has 2 rings (SSSR count). The third-order valence-corrected chi connectivity index (χ3v) is 3.69. The zero-order chi connectivity index (χ0) is 18.4. The summed E-state index contributed by atoms with van der Waals surface area (Å²) in [7, 11) is 1.50. The van der Waals surface area contributed by atoms with Gasteiger partial charge in [-0.2, -0.15) is 0 Å². The van der Waals surface area contributed by atoms with Crippen LogP contribution in [-0.2, 0) is 4.79 Å². The smallest absolute Gasteiger partial charge is 0.356 e. The molecule has 0 aliphatic rings. The van der Waals surface area contributed by atoms with Gasteiger partial charge in [0.05, 0.1) is 25.2 Å². The van der Waals surface area contributed by atoms with Crippen LogP contribution in [0, 0.1) is 6.92 Å². The maximum atomic E-state index is 12.1. The van der Waals surface area contributed by atoms with Gasteiger partial charge >= 0.3 is 5.97 Å². The number of carbonyl (C=O) groups is 2. The summed E-state index contributed by atoms with van der Waals surface area (Å²) in [6.45, 7) is 2.14. The Kier molecular flexibility index (Phi) is 6.13. The Bertz CT molecular complexity index is 780. The van der Waals surface area contributed by atoms with Crippen LogP contribution < -0.4 is 15.4 Å². The Morgan fingerprint density at radius 2 is 2.04 bits per heavy atom. The summed E-state index contributed by atoms with van der Waals surface area (Å²) < 4.78 is 5.21. The largest absolute Gasteiger partial charge is 0.495 e. The lowest BCUT2D eigenvalue weighted by atomic mass is 10.2. The zero-order valence-corrected chi connectivity index (χ0v) is 14.4. The summed E-state index contributed by atoms with van der Waals surface area (Å²) in [6, 6.07) is 3.38. The van der Waals surface area contributed by atoms with Gasteiger partial charge in [0, 0.05) is 24.1 Å². The average molecular weight is 365 g/mol. The number of nitrogens with zero attached hydrogens (tertiary/aromatic N) is 2. The number of carboxylic acid groups (broad SMARTS) is 1. The topological polar surface area (TPSA) is 113 Å². The number of amides is 1. The highest BCUT2D eigenvalue weighted by Crippen LogP contribution is 2.30. The molecule has 9 heteroatoms. The summed E-state index contributed by atoms with van der Waals surface area (Å²) in [5.74, 6) is -0.502. The molecule has 0 atom stereocenters. The minimum Gasteiger partial charge on any atom is -0.495 e. The summed E-state index contributed by atoms with van der Waals surface area (Å²) in [6.07, 6.45) is 2.62. The first-order valence-corrected chi connectivity index (χ1v) is 7.71. The second kappa shape index (κ2) is 8.29. The first kappa shape index (κ1) is 18.5. The van der Waals surface area contributed by atoms with Crippen LogP contribution in [0.1, 0.15) is 22.5 Å². The van der Waals surface area contributed by atoms with Gasteiger partial charge in [-0.05, 0) is 18.6 Å². The highest BCUT2D eigenvalue weighted by molar-refractivity contribution is 6.31. The van der Waals surface area contributed by atoms with Crippen molar-refractivity contribution >= 4 is 35.0 Å². The molecular weight excluding hydrogens is 348 g/mol. The van der Waals surface area contributed by atoms with E-state index >= 15 is 0 Å². The summed E-state index contributed by atoms with van der Waals surface area (Å²) >= 11 is 6.03. The number of carboxylic acids is 1. The number of aromatic nitrogens is 2. The number of hydrogen-bond acceptors (Lipinski definition) is 6. The third-order valence-electron chi connectivity index (χ3n) is 3.28. The predicted octanol–water partition coefficient (Wildman–Crippen LogP) is 2.59. The third kappa shape index (κ3) is 5.05. The molecule has 0 radical (unpaired) electrons. The Hall–Kier alpha value is -2.87. The van der Waals surface area contributed by atoms with E-state index in [0.29, 0.717) is 28.8 Å². The Morgan fingerprint density at radius 1 is 1.28 bits per heavy atom. The summed E-state index contributed by atoms with van der Waals surface area (Å²) in [5.41, 5.74) is 1.22. The van der Waals surface area contributed by atoms with Gasteiger partial charge in [0.25, 0.3) is 0 Å². The molecule has 0 spiro atoms. The molecule has 132 valence electrons. The molecule has 1 aromatic heterocycles. The van der Waals surface area contributed by atoms with E-state index in [4.69, 9.17) is 21.4 Å². The average Bonchev–Trinajstić information content (AvgIpc) is 2.58. The van der Waals surface area contributed by atoms with E-state index in [9.17, 15) is 9.59 Å². The fourth-order valence-corrected chi connectivity index (χ4v) is 2.13. The maximum Gasteiger partial charge on any atom is 0.356 e. The molecule has 0 saturated heterocycles. The molecule has 2 aromatic rings. The second-order valence-electron chi connectivity index (χ2n) is 5.12. The summed E-state index contributed by atoms with van der Waals surface area (Å²) in [4.78, 5) is 30.4. The predicted molar refractivity (Wildman–Crippen MR) is 93.5 cm³/mol. The molecule has 1 aromatic carbocycles. The van der Waals surface area contributed by atoms with Gasteiger partial charge in [0.15, 0.2) is 5.69 Å². The number of ether oxygens (including phenoxy) is 1. The second-order valence-corrected chi connectivity index (χ2v) is 5.53. The molecule has 1 heterocycles. The van der Waals surface area contributed by atoms with Crippen molar-refractivity contribution in [2.75, 3.05) is 24.3 Å². The standard InChI is InChI=1S/C16H17ClN4O4/c1-9-5-11(13(25-2)6-10(9)17)21-15(22)3-4-18-14-8-19-12(7-20-14)16(23)24/h5-8H,3-4H2,1-2H3,(H,18,20)(H,21,22)(H,23,24). The van der Waals surface area contributed by atoms with Crippen LogP contribution >= 0.6 is 11.6 Å². The zero-order valence-electron chi connectivity index (χ0n) is 13.7. The van der Waals surface area contributed by atoms with Crippen LogP contribution in [0.4, 0.5) is 11.5 Å². The van der Waals surface area contributed by atoms with Crippen molar-refractivity contribution in [2.24, 2.45) is 0 Å². The number of hydrogen-bond donors (Lipinski definition) is 3. The Morgan fingerprint density at radius 3 is 2.64 bits per heavy atom. The van der Waals surface area contributed by atoms with Crippen molar-refractivity contribution in [3.05, 3.63) is 40.8 Å². The van der Waals surface area contributed by atoms with E-state index in [2.05, 4.69) is 20.6 Å². The van der Waals surface area contributed by atoms with Crippen LogP contribution in [0.5, 0.6) is 5.75 Å². The van der Waals surface area contributed by atoms with Crippen LogP contribution in [-0.4, -0.2) is 40.6 Å². The number of aromatic carboxylic acids is 1. The van der Waals surface area contributed by atoms with E-state index in [1.807, 2.05) is 6.92 Å². The molecule has 8 nitrogen and oxygen atoms in total. The van der Waals surface area contributed by atoms with Crippen molar-refractivity contribution in [3.63, 3.8) is 0 Å².